The molecule has 3 heteroatoms. The molecule has 0 atom stereocenters. The second-order valence-corrected chi connectivity index (χ2v) is 6.09. The molecule has 0 aliphatic carbocycles. The van der Waals surface area contributed by atoms with E-state index in [1.165, 1.54) is 5.19 Å². The van der Waals surface area contributed by atoms with Gasteiger partial charge < -0.3 is 9.47 Å². The fraction of sp³-hybridized carbons (Fsp3) is 0.571. The van der Waals surface area contributed by atoms with Gasteiger partial charge in [0, 0.05) is 13.2 Å². The Kier molecular flexibility index (Phi) is 7.97. The van der Waals surface area contributed by atoms with Crippen molar-refractivity contribution in [1.82, 2.24) is 0 Å². The number of hydrogen-bond donors (Lipinski definition) is 0. The van der Waals surface area contributed by atoms with Crippen LogP contribution in [0.5, 0.6) is 0 Å². The van der Waals surface area contributed by atoms with Gasteiger partial charge in [-0.15, -0.1) is 0 Å². The second kappa shape index (κ2) is 9.39. The van der Waals surface area contributed by atoms with E-state index in [1.54, 1.807) is 0 Å². The van der Waals surface area contributed by atoms with Gasteiger partial charge in [0.15, 0.2) is 6.29 Å². The molecule has 1 rings (SSSR count). The van der Waals surface area contributed by atoms with Crippen molar-refractivity contribution in [3.63, 3.8) is 0 Å². The van der Waals surface area contributed by atoms with E-state index in [4.69, 9.17) is 9.47 Å². The van der Waals surface area contributed by atoms with Gasteiger partial charge in [0.05, 0.1) is 9.52 Å². The molecule has 17 heavy (non-hydrogen) atoms. The number of rotatable bonds is 9. The first-order valence-electron chi connectivity index (χ1n) is 6.64. The molecule has 0 saturated heterocycles. The Balaban J connectivity index is 2.31. The van der Waals surface area contributed by atoms with E-state index in [1.807, 2.05) is 0 Å². The van der Waals surface area contributed by atoms with E-state index < -0.39 is 0 Å². The van der Waals surface area contributed by atoms with E-state index in [9.17, 15) is 0 Å². The van der Waals surface area contributed by atoms with Crippen LogP contribution in [0, 0.1) is 0 Å². The maximum atomic E-state index is 5.73. The second-order valence-electron chi connectivity index (χ2n) is 4.20. The maximum absolute atomic E-state index is 5.73. The Morgan fingerprint density at radius 1 is 1.00 bits per heavy atom. The Labute approximate surface area is 107 Å². The molecular weight excluding hydrogens is 228 g/mol. The summed E-state index contributed by atoms with van der Waals surface area (Å²) in [5.41, 5.74) is 0. The summed E-state index contributed by atoms with van der Waals surface area (Å²) < 4.78 is 11.5. The smallest absolute Gasteiger partial charge is 0.155 e. The van der Waals surface area contributed by atoms with E-state index in [0.29, 0.717) is 0 Å². The van der Waals surface area contributed by atoms with Crippen LogP contribution in [0.25, 0.3) is 0 Å². The zero-order valence-corrected chi connectivity index (χ0v) is 12.4. The van der Waals surface area contributed by atoms with Gasteiger partial charge in [-0.3, -0.25) is 0 Å². The first kappa shape index (κ1) is 14.4. The summed E-state index contributed by atoms with van der Waals surface area (Å²) in [4.78, 5) is 0. The van der Waals surface area contributed by atoms with Gasteiger partial charge in [0.25, 0.3) is 0 Å². The summed E-state index contributed by atoms with van der Waals surface area (Å²) in [6.07, 6.45) is 2.12. The molecule has 0 N–H and O–H groups in total. The van der Waals surface area contributed by atoms with Crippen molar-refractivity contribution >= 4 is 14.7 Å². The standard InChI is InChI=1S/C14H24O2Si/c1-3-10-15-14(16-11-4-2)12-17-13-8-6-5-7-9-13/h5-9,14H,3-4,10-12,17H2,1-2H3. The molecule has 0 bridgehead atoms. The zero-order chi connectivity index (χ0) is 12.3. The molecule has 96 valence electrons. The molecule has 0 amide bonds. The van der Waals surface area contributed by atoms with Crippen LogP contribution in [0.4, 0.5) is 0 Å². The molecular formula is C14H24O2Si. The first-order valence-corrected chi connectivity index (χ1v) is 8.34. The average Bonchev–Trinajstić information content (AvgIpc) is 2.39. The van der Waals surface area contributed by atoms with Gasteiger partial charge in [0.2, 0.25) is 0 Å². The van der Waals surface area contributed by atoms with Gasteiger partial charge in [-0.05, 0) is 18.9 Å². The lowest BCUT2D eigenvalue weighted by molar-refractivity contribution is -0.129. The van der Waals surface area contributed by atoms with Crippen molar-refractivity contribution in [2.24, 2.45) is 0 Å². The van der Waals surface area contributed by atoms with E-state index >= 15 is 0 Å². The van der Waals surface area contributed by atoms with Crippen LogP contribution in [-0.2, 0) is 9.47 Å². The third-order valence-corrected chi connectivity index (χ3v) is 4.34. The lowest BCUT2D eigenvalue weighted by Gasteiger charge is -2.17. The van der Waals surface area contributed by atoms with Crippen molar-refractivity contribution in [3.05, 3.63) is 30.3 Å². The molecule has 0 heterocycles. The maximum Gasteiger partial charge on any atom is 0.155 e. The lowest BCUT2D eigenvalue weighted by atomic mass is 10.4. The first-order chi connectivity index (χ1) is 8.36. The number of ether oxygens (including phenoxy) is 2. The summed E-state index contributed by atoms with van der Waals surface area (Å²) in [5.74, 6) is 0. The van der Waals surface area contributed by atoms with Crippen molar-refractivity contribution in [3.8, 4) is 0 Å². The molecule has 0 aliphatic heterocycles. The molecule has 0 fully saturated rings. The third-order valence-electron chi connectivity index (χ3n) is 2.53. The molecule has 1 aromatic carbocycles. The SMILES string of the molecule is CCCOC(C[SiH2]c1ccccc1)OCCC. The van der Waals surface area contributed by atoms with E-state index in [-0.39, 0.29) is 15.8 Å². The monoisotopic (exact) mass is 252 g/mol. The number of benzene rings is 1. The summed E-state index contributed by atoms with van der Waals surface area (Å²) in [6, 6.07) is 11.8. The van der Waals surface area contributed by atoms with Crippen LogP contribution in [0.2, 0.25) is 6.04 Å². The summed E-state index contributed by atoms with van der Waals surface area (Å²) in [6.45, 7) is 5.87. The highest BCUT2D eigenvalue weighted by atomic mass is 28.2. The summed E-state index contributed by atoms with van der Waals surface area (Å²) >= 11 is 0. The Morgan fingerprint density at radius 3 is 2.12 bits per heavy atom. The topological polar surface area (TPSA) is 18.5 Å². The van der Waals surface area contributed by atoms with Crippen LogP contribution in [0.15, 0.2) is 30.3 Å². The van der Waals surface area contributed by atoms with E-state index in [2.05, 4.69) is 44.2 Å². The Hall–Kier alpha value is -0.643. The molecule has 0 aliphatic rings. The molecule has 0 saturated carbocycles. The van der Waals surface area contributed by atoms with Crippen molar-refractivity contribution in [2.75, 3.05) is 13.2 Å². The normalized spacial score (nSPS) is 11.7. The van der Waals surface area contributed by atoms with Gasteiger partial charge in [-0.2, -0.15) is 0 Å². The van der Waals surface area contributed by atoms with Crippen LogP contribution in [0.1, 0.15) is 26.7 Å². The minimum Gasteiger partial charge on any atom is -0.353 e. The zero-order valence-electron chi connectivity index (χ0n) is 11.0. The summed E-state index contributed by atoms with van der Waals surface area (Å²) in [5, 5.41) is 1.48. The van der Waals surface area contributed by atoms with Crippen LogP contribution >= 0.6 is 0 Å². The van der Waals surface area contributed by atoms with Gasteiger partial charge in [-0.25, -0.2) is 0 Å². The van der Waals surface area contributed by atoms with Crippen molar-refractivity contribution < 1.29 is 9.47 Å². The van der Waals surface area contributed by atoms with Gasteiger partial charge in [-0.1, -0.05) is 49.4 Å². The predicted molar refractivity (Wildman–Crippen MR) is 75.7 cm³/mol. The van der Waals surface area contributed by atoms with Gasteiger partial charge in [0.1, 0.15) is 0 Å². The molecule has 0 radical (unpaired) electrons. The quantitative estimate of drug-likeness (QED) is 0.495. The fourth-order valence-corrected chi connectivity index (χ4v) is 3.15. The molecule has 1 aromatic rings. The highest BCUT2D eigenvalue weighted by Crippen LogP contribution is 2.03. The van der Waals surface area contributed by atoms with E-state index in [0.717, 1.165) is 32.1 Å². The molecule has 2 nitrogen and oxygen atoms in total. The van der Waals surface area contributed by atoms with Crippen LogP contribution in [-0.4, -0.2) is 29.0 Å². The van der Waals surface area contributed by atoms with Crippen LogP contribution in [0.3, 0.4) is 0 Å². The Bertz CT molecular complexity index is 269. The van der Waals surface area contributed by atoms with Crippen LogP contribution < -0.4 is 5.19 Å². The average molecular weight is 252 g/mol. The molecule has 0 aromatic heterocycles. The Morgan fingerprint density at radius 2 is 1.59 bits per heavy atom. The summed E-state index contributed by atoms with van der Waals surface area (Å²) in [7, 11) is -0.265. The lowest BCUT2D eigenvalue weighted by Crippen LogP contribution is -2.25. The minimum atomic E-state index is -0.265. The van der Waals surface area contributed by atoms with Crippen molar-refractivity contribution in [1.29, 1.82) is 0 Å². The molecule has 0 unspecified atom stereocenters. The largest absolute Gasteiger partial charge is 0.353 e. The highest BCUT2D eigenvalue weighted by Gasteiger charge is 2.09. The fourth-order valence-electron chi connectivity index (χ4n) is 1.64. The van der Waals surface area contributed by atoms with Gasteiger partial charge >= 0.3 is 0 Å². The van der Waals surface area contributed by atoms with Crippen molar-refractivity contribution in [2.45, 2.75) is 39.0 Å². The number of hydrogen-bond acceptors (Lipinski definition) is 2. The highest BCUT2D eigenvalue weighted by molar-refractivity contribution is 6.53. The minimum absolute atomic E-state index is 0.0155. The third kappa shape index (κ3) is 6.61. The molecule has 0 spiro atoms. The predicted octanol–water partition coefficient (Wildman–Crippen LogP) is 2.08.